The van der Waals surface area contributed by atoms with Crippen LogP contribution in [0.3, 0.4) is 0 Å². The van der Waals surface area contributed by atoms with E-state index in [0.29, 0.717) is 5.56 Å². The van der Waals surface area contributed by atoms with Crippen LogP contribution in [0.25, 0.3) is 65.3 Å². The molecule has 0 aliphatic rings. The number of fused-ring (bicyclic) bond motifs is 5. The van der Waals surface area contributed by atoms with Gasteiger partial charge in [-0.15, -0.1) is 0 Å². The zero-order valence-electron chi connectivity index (χ0n) is 23.3. The molecule has 0 unspecified atom stereocenters. The molecule has 0 heteroatoms. The van der Waals surface area contributed by atoms with Crippen molar-refractivity contribution in [2.24, 2.45) is 0 Å². The molecule has 158 valence electrons. The van der Waals surface area contributed by atoms with E-state index in [1.807, 2.05) is 36.4 Å². The van der Waals surface area contributed by atoms with Crippen molar-refractivity contribution in [3.63, 3.8) is 0 Å². The third-order valence-corrected chi connectivity index (χ3v) is 6.72. The van der Waals surface area contributed by atoms with Gasteiger partial charge in [0, 0.05) is 0 Å². The molecular formula is C34H22. The van der Waals surface area contributed by atoms with Crippen LogP contribution >= 0.6 is 0 Å². The molecule has 7 rings (SSSR count). The van der Waals surface area contributed by atoms with Crippen LogP contribution in [0, 0.1) is 0 Å². The molecule has 0 N–H and O–H groups in total. The fourth-order valence-corrected chi connectivity index (χ4v) is 5.24. The van der Waals surface area contributed by atoms with Crippen molar-refractivity contribution in [3.05, 3.63) is 133 Å². The highest BCUT2D eigenvalue weighted by molar-refractivity contribution is 6.22. The van der Waals surface area contributed by atoms with Crippen LogP contribution in [0.1, 0.15) is 6.85 Å². The number of hydrogen-bond acceptors (Lipinski definition) is 0. The quantitative estimate of drug-likeness (QED) is 0.187. The number of hydrogen-bond donors (Lipinski definition) is 0. The second kappa shape index (κ2) is 7.57. The summed E-state index contributed by atoms with van der Waals surface area (Å²) in [5.41, 5.74) is 3.02. The summed E-state index contributed by atoms with van der Waals surface area (Å²) >= 11 is 0. The van der Waals surface area contributed by atoms with Crippen LogP contribution in [0.5, 0.6) is 0 Å². The van der Waals surface area contributed by atoms with Gasteiger partial charge in [0.2, 0.25) is 0 Å². The van der Waals surface area contributed by atoms with Gasteiger partial charge in [0.05, 0.1) is 6.85 Å². The third-order valence-electron chi connectivity index (χ3n) is 6.72. The van der Waals surface area contributed by atoms with Gasteiger partial charge in [0.1, 0.15) is 0 Å². The smallest absolute Gasteiger partial charge is 0.0622 e. The largest absolute Gasteiger partial charge is 0.0629 e. The van der Waals surface area contributed by atoms with Gasteiger partial charge >= 0.3 is 0 Å². The predicted molar refractivity (Wildman–Crippen MR) is 147 cm³/mol. The molecule has 0 heterocycles. The fraction of sp³-hybridized carbons (Fsp3) is 0. The molecule has 0 aliphatic heterocycles. The lowest BCUT2D eigenvalue weighted by molar-refractivity contribution is 1.66. The lowest BCUT2D eigenvalue weighted by Crippen LogP contribution is -1.91. The Morgan fingerprint density at radius 3 is 1.47 bits per heavy atom. The molecule has 7 aromatic rings. The van der Waals surface area contributed by atoms with Crippen LogP contribution in [-0.4, -0.2) is 0 Å². The Balaban J connectivity index is 1.65. The monoisotopic (exact) mass is 435 g/mol. The van der Waals surface area contributed by atoms with E-state index in [2.05, 4.69) is 66.7 Å². The van der Waals surface area contributed by atoms with Crippen molar-refractivity contribution in [2.45, 2.75) is 0 Å². The van der Waals surface area contributed by atoms with Gasteiger partial charge in [-0.1, -0.05) is 127 Å². The van der Waals surface area contributed by atoms with Gasteiger partial charge in [0.25, 0.3) is 0 Å². The van der Waals surface area contributed by atoms with Crippen LogP contribution in [-0.2, 0) is 0 Å². The minimum absolute atomic E-state index is 0.193. The molecule has 0 atom stereocenters. The van der Waals surface area contributed by atoms with Gasteiger partial charge in [-0.2, -0.15) is 0 Å². The second-order valence-corrected chi connectivity index (χ2v) is 8.56. The van der Waals surface area contributed by atoms with Gasteiger partial charge in [-0.25, -0.2) is 0 Å². The Kier molecular flexibility index (Phi) is 3.27. The summed E-state index contributed by atoms with van der Waals surface area (Å²) in [6.07, 6.45) is 0. The maximum absolute atomic E-state index is 8.74. The first-order chi connectivity index (χ1) is 19.0. The topological polar surface area (TPSA) is 0 Å². The van der Waals surface area contributed by atoms with E-state index in [9.17, 15) is 0 Å². The van der Waals surface area contributed by atoms with Crippen molar-refractivity contribution < 1.29 is 6.85 Å². The van der Waals surface area contributed by atoms with E-state index < -0.39 is 0 Å². The van der Waals surface area contributed by atoms with E-state index in [4.69, 9.17) is 6.85 Å². The highest BCUT2D eigenvalue weighted by Gasteiger charge is 2.16. The molecule has 0 aromatic heterocycles. The van der Waals surface area contributed by atoms with Gasteiger partial charge < -0.3 is 0 Å². The number of rotatable bonds is 2. The minimum atomic E-state index is -0.387. The summed E-state index contributed by atoms with van der Waals surface area (Å²) in [7, 11) is 0. The zero-order chi connectivity index (χ0) is 26.8. The average molecular weight is 436 g/mol. The fourth-order valence-electron chi connectivity index (χ4n) is 5.24. The summed E-state index contributed by atoms with van der Waals surface area (Å²) in [5.74, 6) is 0. The van der Waals surface area contributed by atoms with Crippen LogP contribution in [0.15, 0.2) is 133 Å². The molecule has 7 aromatic carbocycles. The molecule has 0 nitrogen and oxygen atoms in total. The molecule has 0 spiro atoms. The summed E-state index contributed by atoms with van der Waals surface area (Å²) in [6, 6.07) is 33.8. The summed E-state index contributed by atoms with van der Waals surface area (Å²) in [6.45, 7) is 0. The second-order valence-electron chi connectivity index (χ2n) is 8.56. The van der Waals surface area contributed by atoms with Crippen molar-refractivity contribution in [2.75, 3.05) is 0 Å². The molecule has 0 amide bonds. The van der Waals surface area contributed by atoms with E-state index in [1.165, 1.54) is 21.5 Å². The van der Waals surface area contributed by atoms with Crippen molar-refractivity contribution >= 4 is 43.1 Å². The van der Waals surface area contributed by atoms with Crippen molar-refractivity contribution in [3.8, 4) is 22.3 Å². The van der Waals surface area contributed by atoms with Gasteiger partial charge in [-0.3, -0.25) is 0 Å². The van der Waals surface area contributed by atoms with E-state index in [0.717, 1.165) is 32.7 Å². The Labute approximate surface area is 205 Å². The van der Waals surface area contributed by atoms with Gasteiger partial charge in [-0.05, 0) is 71.4 Å². The van der Waals surface area contributed by atoms with Gasteiger partial charge in [0.15, 0.2) is 0 Å². The molecule has 34 heavy (non-hydrogen) atoms. The summed E-state index contributed by atoms with van der Waals surface area (Å²) in [5, 5.41) is 8.37. The standard InChI is InChI=1S/C34H22/c1-2-11-25(12-3-1)33-28-14-6-8-16-30(28)34(31-17-9-7-15-29(31)33)26-21-20-24-19-18-23-10-4-5-13-27(23)32(24)22-26/h1-22H/i1D,2D,3D,11D,12D. The predicted octanol–water partition coefficient (Wildman–Crippen LogP) is 9.63. The lowest BCUT2D eigenvalue weighted by atomic mass is 9.85. The zero-order valence-corrected chi connectivity index (χ0v) is 18.3. The summed E-state index contributed by atoms with van der Waals surface area (Å²) in [4.78, 5) is 0. The SMILES string of the molecule is [2H]c1c([2H])c([2H])c(-c2c3ccccc3c(-c3ccc4ccc5ccccc5c4c3)c3ccccc23)c([2H])c1[2H]. The molecule has 0 radical (unpaired) electrons. The van der Waals surface area contributed by atoms with Crippen molar-refractivity contribution in [1.82, 2.24) is 0 Å². The van der Waals surface area contributed by atoms with Crippen LogP contribution in [0.4, 0.5) is 0 Å². The molecule has 0 bridgehead atoms. The highest BCUT2D eigenvalue weighted by Crippen LogP contribution is 2.44. The Morgan fingerprint density at radius 1 is 0.382 bits per heavy atom. The highest BCUT2D eigenvalue weighted by atomic mass is 14.2. The minimum Gasteiger partial charge on any atom is -0.0622 e. The van der Waals surface area contributed by atoms with E-state index in [1.54, 1.807) is 0 Å². The Hall–Kier alpha value is -4.42. The maximum Gasteiger partial charge on any atom is 0.0629 e. The Morgan fingerprint density at radius 2 is 0.853 bits per heavy atom. The molecule has 0 aliphatic carbocycles. The van der Waals surface area contributed by atoms with E-state index >= 15 is 0 Å². The normalized spacial score (nSPS) is 13.6. The molecule has 0 saturated heterocycles. The van der Waals surface area contributed by atoms with Crippen LogP contribution < -0.4 is 0 Å². The lowest BCUT2D eigenvalue weighted by Gasteiger charge is -2.18. The molecule has 0 fully saturated rings. The first-order valence-electron chi connectivity index (χ1n) is 13.9. The van der Waals surface area contributed by atoms with E-state index in [-0.39, 0.29) is 35.8 Å². The Bertz CT molecular complexity index is 2040. The maximum atomic E-state index is 8.74. The van der Waals surface area contributed by atoms with Crippen LogP contribution in [0.2, 0.25) is 0 Å². The number of benzene rings is 7. The first kappa shape index (κ1) is 14.7. The molecular weight excluding hydrogens is 408 g/mol. The first-order valence-corrected chi connectivity index (χ1v) is 11.4. The molecule has 0 saturated carbocycles. The average Bonchev–Trinajstić information content (AvgIpc) is 2.98. The third kappa shape index (κ3) is 2.86. The van der Waals surface area contributed by atoms with Crippen molar-refractivity contribution in [1.29, 1.82) is 0 Å². The summed E-state index contributed by atoms with van der Waals surface area (Å²) < 4.78 is 42.2.